The maximum atomic E-state index is 11.9. The molecule has 2 heterocycles. The van der Waals surface area contributed by atoms with Crippen LogP contribution in [0.5, 0.6) is 0 Å². The van der Waals surface area contributed by atoms with Crippen molar-refractivity contribution in [3.05, 3.63) is 21.3 Å². The van der Waals surface area contributed by atoms with Crippen LogP contribution in [0.15, 0.2) is 12.1 Å². The van der Waals surface area contributed by atoms with Crippen LogP contribution in [0.2, 0.25) is 4.34 Å². The Morgan fingerprint density at radius 1 is 1.65 bits per heavy atom. The van der Waals surface area contributed by atoms with Crippen molar-refractivity contribution < 1.29 is 14.3 Å². The lowest BCUT2D eigenvalue weighted by molar-refractivity contribution is 0.0403. The first-order valence-electron chi connectivity index (χ1n) is 5.46. The molecule has 0 radical (unpaired) electrons. The van der Waals surface area contributed by atoms with Gasteiger partial charge in [-0.05, 0) is 19.1 Å². The fraction of sp³-hybridized carbons (Fsp3) is 0.545. The van der Waals surface area contributed by atoms with Crippen LogP contribution < -0.4 is 5.32 Å². The first kappa shape index (κ1) is 12.8. The zero-order valence-electron chi connectivity index (χ0n) is 9.44. The van der Waals surface area contributed by atoms with E-state index in [2.05, 4.69) is 5.32 Å². The SMILES string of the molecule is CCO[C@H]1COC[C@@H]1NC(=O)c1ccc(Cl)s1. The predicted octanol–water partition coefficient (Wildman–Crippen LogP) is 1.94. The molecule has 17 heavy (non-hydrogen) atoms. The highest BCUT2D eigenvalue weighted by Crippen LogP contribution is 2.21. The molecule has 1 N–H and O–H groups in total. The predicted molar refractivity (Wildman–Crippen MR) is 66.8 cm³/mol. The summed E-state index contributed by atoms with van der Waals surface area (Å²) in [5.74, 6) is -0.123. The molecule has 0 spiro atoms. The number of halogens is 1. The Bertz CT molecular complexity index is 396. The maximum Gasteiger partial charge on any atom is 0.261 e. The topological polar surface area (TPSA) is 47.6 Å². The number of hydrogen-bond donors (Lipinski definition) is 1. The molecule has 4 nitrogen and oxygen atoms in total. The molecule has 1 fully saturated rings. The van der Waals surface area contributed by atoms with Crippen LogP contribution >= 0.6 is 22.9 Å². The molecule has 94 valence electrons. The molecule has 6 heteroatoms. The number of ether oxygens (including phenoxy) is 2. The first-order chi connectivity index (χ1) is 8.20. The molecule has 1 aliphatic rings. The number of carbonyl (C=O) groups excluding carboxylic acids is 1. The van der Waals surface area contributed by atoms with Crippen LogP contribution in [-0.2, 0) is 9.47 Å². The number of rotatable bonds is 4. The monoisotopic (exact) mass is 275 g/mol. The van der Waals surface area contributed by atoms with Gasteiger partial charge in [0.25, 0.3) is 5.91 Å². The Hall–Kier alpha value is -0.620. The lowest BCUT2D eigenvalue weighted by Gasteiger charge is -2.18. The summed E-state index contributed by atoms with van der Waals surface area (Å²) in [7, 11) is 0. The van der Waals surface area contributed by atoms with Crippen molar-refractivity contribution in [2.45, 2.75) is 19.1 Å². The van der Waals surface area contributed by atoms with Gasteiger partial charge < -0.3 is 14.8 Å². The first-order valence-corrected chi connectivity index (χ1v) is 6.65. The number of thiophene rings is 1. The molecule has 1 amide bonds. The highest BCUT2D eigenvalue weighted by atomic mass is 35.5. The molecule has 0 aliphatic carbocycles. The molecular weight excluding hydrogens is 262 g/mol. The molecule has 1 saturated heterocycles. The second kappa shape index (κ2) is 5.82. The van der Waals surface area contributed by atoms with E-state index in [1.54, 1.807) is 12.1 Å². The van der Waals surface area contributed by atoms with Crippen molar-refractivity contribution in [1.29, 1.82) is 0 Å². The van der Waals surface area contributed by atoms with Gasteiger partial charge in [-0.15, -0.1) is 11.3 Å². The fourth-order valence-electron chi connectivity index (χ4n) is 1.72. The standard InChI is InChI=1S/C11H14ClNO3S/c1-2-16-8-6-15-5-7(8)13-11(14)9-3-4-10(12)17-9/h3-4,7-8H,2,5-6H2,1H3,(H,13,14)/t7-,8-/m0/s1. The van der Waals surface area contributed by atoms with E-state index in [-0.39, 0.29) is 18.1 Å². The van der Waals surface area contributed by atoms with Crippen molar-refractivity contribution in [2.24, 2.45) is 0 Å². The maximum absolute atomic E-state index is 11.9. The number of hydrogen-bond acceptors (Lipinski definition) is 4. The Kier molecular flexibility index (Phi) is 4.39. The minimum Gasteiger partial charge on any atom is -0.376 e. The van der Waals surface area contributed by atoms with Crippen LogP contribution in [-0.4, -0.2) is 37.9 Å². The largest absolute Gasteiger partial charge is 0.376 e. The minimum absolute atomic E-state index is 0.0561. The summed E-state index contributed by atoms with van der Waals surface area (Å²) in [6, 6.07) is 3.35. The molecular formula is C11H14ClNO3S. The van der Waals surface area contributed by atoms with Crippen molar-refractivity contribution in [1.82, 2.24) is 5.32 Å². The number of carbonyl (C=O) groups is 1. The van der Waals surface area contributed by atoms with Crippen LogP contribution in [0, 0.1) is 0 Å². The van der Waals surface area contributed by atoms with Crippen LogP contribution in [0.25, 0.3) is 0 Å². The summed E-state index contributed by atoms with van der Waals surface area (Å²) in [5.41, 5.74) is 0. The quantitative estimate of drug-likeness (QED) is 0.913. The van der Waals surface area contributed by atoms with Gasteiger partial charge in [0.2, 0.25) is 0 Å². The van der Waals surface area contributed by atoms with Crippen LogP contribution in [0.3, 0.4) is 0 Å². The van der Waals surface area contributed by atoms with Gasteiger partial charge in [0.15, 0.2) is 0 Å². The average molecular weight is 276 g/mol. The Morgan fingerprint density at radius 2 is 2.47 bits per heavy atom. The normalized spacial score (nSPS) is 23.9. The second-order valence-electron chi connectivity index (χ2n) is 3.71. The third-order valence-corrected chi connectivity index (χ3v) is 3.75. The molecule has 2 atom stereocenters. The van der Waals surface area contributed by atoms with Crippen molar-refractivity contribution >= 4 is 28.8 Å². The van der Waals surface area contributed by atoms with Crippen molar-refractivity contribution in [3.8, 4) is 0 Å². The number of nitrogens with one attached hydrogen (secondary N) is 1. The van der Waals surface area contributed by atoms with Gasteiger partial charge >= 0.3 is 0 Å². The molecule has 0 saturated carbocycles. The molecule has 2 rings (SSSR count). The summed E-state index contributed by atoms with van der Waals surface area (Å²) >= 11 is 7.05. The Labute approximate surface area is 109 Å². The molecule has 1 aromatic heterocycles. The lowest BCUT2D eigenvalue weighted by atomic mass is 10.2. The summed E-state index contributed by atoms with van der Waals surface area (Å²) in [4.78, 5) is 12.5. The zero-order valence-corrected chi connectivity index (χ0v) is 11.0. The molecule has 0 aromatic carbocycles. The molecule has 1 aliphatic heterocycles. The lowest BCUT2D eigenvalue weighted by Crippen LogP contribution is -2.43. The van der Waals surface area contributed by atoms with E-state index >= 15 is 0 Å². The van der Waals surface area contributed by atoms with Gasteiger partial charge in [0, 0.05) is 6.61 Å². The molecule has 0 bridgehead atoms. The Morgan fingerprint density at radius 3 is 3.12 bits per heavy atom. The van der Waals surface area contributed by atoms with Gasteiger partial charge in [-0.2, -0.15) is 0 Å². The number of amides is 1. The van der Waals surface area contributed by atoms with E-state index < -0.39 is 0 Å². The fourth-order valence-corrected chi connectivity index (χ4v) is 2.67. The van der Waals surface area contributed by atoms with E-state index in [0.29, 0.717) is 29.0 Å². The van der Waals surface area contributed by atoms with E-state index in [1.165, 1.54) is 11.3 Å². The van der Waals surface area contributed by atoms with Crippen LogP contribution in [0.4, 0.5) is 0 Å². The highest BCUT2D eigenvalue weighted by Gasteiger charge is 2.30. The summed E-state index contributed by atoms with van der Waals surface area (Å²) < 4.78 is 11.4. The molecule has 0 unspecified atom stereocenters. The van der Waals surface area contributed by atoms with Crippen molar-refractivity contribution in [3.63, 3.8) is 0 Å². The highest BCUT2D eigenvalue weighted by molar-refractivity contribution is 7.17. The van der Waals surface area contributed by atoms with E-state index in [9.17, 15) is 4.79 Å². The Balaban J connectivity index is 1.94. The van der Waals surface area contributed by atoms with Crippen molar-refractivity contribution in [2.75, 3.05) is 19.8 Å². The average Bonchev–Trinajstić information content (AvgIpc) is 2.89. The van der Waals surface area contributed by atoms with Gasteiger partial charge in [0.1, 0.15) is 6.10 Å². The van der Waals surface area contributed by atoms with Gasteiger partial charge in [-0.25, -0.2) is 0 Å². The van der Waals surface area contributed by atoms with E-state index in [4.69, 9.17) is 21.1 Å². The van der Waals surface area contributed by atoms with Crippen LogP contribution in [0.1, 0.15) is 16.6 Å². The summed E-state index contributed by atoms with van der Waals surface area (Å²) in [6.07, 6.45) is -0.0561. The summed E-state index contributed by atoms with van der Waals surface area (Å²) in [5, 5.41) is 2.91. The van der Waals surface area contributed by atoms with E-state index in [1.807, 2.05) is 6.92 Å². The van der Waals surface area contributed by atoms with Gasteiger partial charge in [-0.1, -0.05) is 11.6 Å². The van der Waals surface area contributed by atoms with E-state index in [0.717, 1.165) is 0 Å². The third kappa shape index (κ3) is 3.19. The van der Waals surface area contributed by atoms with Gasteiger partial charge in [0.05, 0.1) is 28.5 Å². The smallest absolute Gasteiger partial charge is 0.261 e. The zero-order chi connectivity index (χ0) is 12.3. The minimum atomic E-state index is -0.123. The summed E-state index contributed by atoms with van der Waals surface area (Å²) in [6.45, 7) is 3.57. The molecule has 1 aromatic rings. The third-order valence-electron chi connectivity index (χ3n) is 2.52. The van der Waals surface area contributed by atoms with Gasteiger partial charge in [-0.3, -0.25) is 4.79 Å². The second-order valence-corrected chi connectivity index (χ2v) is 5.43.